The van der Waals surface area contributed by atoms with Gasteiger partial charge >= 0.3 is 6.03 Å². The molecule has 0 radical (unpaired) electrons. The second-order valence-corrected chi connectivity index (χ2v) is 6.14. The van der Waals surface area contributed by atoms with Crippen LogP contribution in [-0.4, -0.2) is 36.2 Å². The lowest BCUT2D eigenvalue weighted by Gasteiger charge is -2.20. The largest absolute Gasteiger partial charge is 0.508 e. The number of para-hydroxylation sites is 2. The first-order valence-electron chi connectivity index (χ1n) is 8.21. The zero-order chi connectivity index (χ0) is 17.8. The number of nitrogens with one attached hydrogen (secondary N) is 1. The molecule has 2 aromatic carbocycles. The van der Waals surface area contributed by atoms with E-state index in [9.17, 15) is 9.90 Å². The molecule has 0 aromatic heterocycles. The van der Waals surface area contributed by atoms with Crippen LogP contribution in [0.5, 0.6) is 5.75 Å². The molecule has 0 spiro atoms. The number of likely N-dealkylation sites (tertiary alicyclic amines) is 1. The van der Waals surface area contributed by atoms with Crippen molar-refractivity contribution in [3.63, 3.8) is 0 Å². The molecule has 0 saturated carbocycles. The van der Waals surface area contributed by atoms with Gasteiger partial charge < -0.3 is 20.1 Å². The SMILES string of the molecule is C=C(OC)[C@H]1CN(C(=O)Nc2ccccc2)C[C@H]1c1ccccc1O. The Morgan fingerprint density at radius 1 is 1.16 bits per heavy atom. The van der Waals surface area contributed by atoms with Crippen LogP contribution in [0.2, 0.25) is 0 Å². The molecule has 5 nitrogen and oxygen atoms in total. The summed E-state index contributed by atoms with van der Waals surface area (Å²) < 4.78 is 5.34. The standard InChI is InChI=1S/C20H22N2O3/c1-14(25-2)17-12-22(20(24)21-15-8-4-3-5-9-15)13-18(17)16-10-6-7-11-19(16)23/h3-11,17-18,23H,1,12-13H2,2H3,(H,21,24)/t17-,18+/m1/s1. The summed E-state index contributed by atoms with van der Waals surface area (Å²) in [6, 6.07) is 16.4. The number of ether oxygens (including phenoxy) is 1. The van der Waals surface area contributed by atoms with Crippen LogP contribution in [0.15, 0.2) is 66.9 Å². The highest BCUT2D eigenvalue weighted by atomic mass is 16.5. The van der Waals surface area contributed by atoms with Crippen molar-refractivity contribution in [2.24, 2.45) is 5.92 Å². The van der Waals surface area contributed by atoms with Gasteiger partial charge in [0.25, 0.3) is 0 Å². The van der Waals surface area contributed by atoms with Crippen molar-refractivity contribution in [3.05, 3.63) is 72.5 Å². The Hall–Kier alpha value is -2.95. The molecule has 0 unspecified atom stereocenters. The van der Waals surface area contributed by atoms with E-state index >= 15 is 0 Å². The number of urea groups is 1. The maximum atomic E-state index is 12.6. The quantitative estimate of drug-likeness (QED) is 0.834. The van der Waals surface area contributed by atoms with Gasteiger partial charge in [0.15, 0.2) is 0 Å². The van der Waals surface area contributed by atoms with Crippen LogP contribution in [0, 0.1) is 5.92 Å². The van der Waals surface area contributed by atoms with E-state index in [2.05, 4.69) is 11.9 Å². The maximum Gasteiger partial charge on any atom is 0.321 e. The second kappa shape index (κ2) is 7.30. The molecule has 2 aromatic rings. The number of rotatable bonds is 4. The summed E-state index contributed by atoms with van der Waals surface area (Å²) >= 11 is 0. The molecule has 2 amide bonds. The van der Waals surface area contributed by atoms with Crippen molar-refractivity contribution in [2.45, 2.75) is 5.92 Å². The average molecular weight is 338 g/mol. The number of hydrogen-bond donors (Lipinski definition) is 2. The smallest absolute Gasteiger partial charge is 0.321 e. The fourth-order valence-electron chi connectivity index (χ4n) is 3.29. The fourth-order valence-corrected chi connectivity index (χ4v) is 3.29. The number of methoxy groups -OCH3 is 1. The highest BCUT2D eigenvalue weighted by molar-refractivity contribution is 5.89. The van der Waals surface area contributed by atoms with E-state index < -0.39 is 0 Å². The van der Waals surface area contributed by atoms with Gasteiger partial charge in [-0.25, -0.2) is 4.79 Å². The van der Waals surface area contributed by atoms with Crippen LogP contribution in [-0.2, 0) is 4.74 Å². The molecule has 5 heteroatoms. The Kier molecular flexibility index (Phi) is 4.93. The van der Waals surface area contributed by atoms with Crippen LogP contribution in [0.25, 0.3) is 0 Å². The van der Waals surface area contributed by atoms with Crippen molar-refractivity contribution in [3.8, 4) is 5.75 Å². The van der Waals surface area contributed by atoms with Gasteiger partial charge in [-0.3, -0.25) is 0 Å². The van der Waals surface area contributed by atoms with Gasteiger partial charge in [0.2, 0.25) is 0 Å². The molecule has 1 saturated heterocycles. The summed E-state index contributed by atoms with van der Waals surface area (Å²) in [6.07, 6.45) is 0. The predicted octanol–water partition coefficient (Wildman–Crippen LogP) is 3.80. The minimum Gasteiger partial charge on any atom is -0.508 e. The normalized spacial score (nSPS) is 19.5. The summed E-state index contributed by atoms with van der Waals surface area (Å²) in [4.78, 5) is 14.3. The van der Waals surface area contributed by atoms with E-state index in [4.69, 9.17) is 4.74 Å². The molecule has 1 aliphatic rings. The number of hydrogen-bond acceptors (Lipinski definition) is 3. The van der Waals surface area contributed by atoms with E-state index in [0.717, 1.165) is 11.3 Å². The molecule has 0 aliphatic carbocycles. The number of nitrogens with zero attached hydrogens (tertiary/aromatic N) is 1. The lowest BCUT2D eigenvalue weighted by molar-refractivity contribution is 0.215. The summed E-state index contributed by atoms with van der Waals surface area (Å²) in [5.41, 5.74) is 1.56. The number of phenolic OH excluding ortho intramolecular Hbond substituents is 1. The highest BCUT2D eigenvalue weighted by Gasteiger charge is 2.39. The van der Waals surface area contributed by atoms with Gasteiger partial charge in [-0.15, -0.1) is 0 Å². The molecule has 25 heavy (non-hydrogen) atoms. The number of carbonyl (C=O) groups is 1. The first-order valence-corrected chi connectivity index (χ1v) is 8.21. The van der Waals surface area contributed by atoms with Crippen LogP contribution in [0.1, 0.15) is 11.5 Å². The van der Waals surface area contributed by atoms with Gasteiger partial charge in [-0.05, 0) is 23.8 Å². The second-order valence-electron chi connectivity index (χ2n) is 6.14. The fraction of sp³-hybridized carbons (Fsp3) is 0.250. The van der Waals surface area contributed by atoms with Crippen molar-refractivity contribution in [2.75, 3.05) is 25.5 Å². The Bertz CT molecular complexity index is 761. The number of aromatic hydroxyl groups is 1. The van der Waals surface area contributed by atoms with Crippen molar-refractivity contribution >= 4 is 11.7 Å². The Morgan fingerprint density at radius 2 is 1.84 bits per heavy atom. The zero-order valence-electron chi connectivity index (χ0n) is 14.2. The van der Waals surface area contributed by atoms with Crippen LogP contribution < -0.4 is 5.32 Å². The van der Waals surface area contributed by atoms with Crippen molar-refractivity contribution < 1.29 is 14.6 Å². The number of anilines is 1. The predicted molar refractivity (Wildman–Crippen MR) is 97.5 cm³/mol. The van der Waals surface area contributed by atoms with E-state index in [1.807, 2.05) is 42.5 Å². The van der Waals surface area contributed by atoms with Crippen LogP contribution in [0.3, 0.4) is 0 Å². The Morgan fingerprint density at radius 3 is 2.52 bits per heavy atom. The molecule has 1 heterocycles. The van der Waals surface area contributed by atoms with Gasteiger partial charge in [-0.1, -0.05) is 43.0 Å². The Labute approximate surface area is 147 Å². The minimum absolute atomic E-state index is 0.0600. The summed E-state index contributed by atoms with van der Waals surface area (Å²) in [5.74, 6) is 0.713. The van der Waals surface area contributed by atoms with E-state index in [1.165, 1.54) is 0 Å². The highest BCUT2D eigenvalue weighted by Crippen LogP contribution is 2.40. The monoisotopic (exact) mass is 338 g/mol. The van der Waals surface area contributed by atoms with Gasteiger partial charge in [-0.2, -0.15) is 0 Å². The third-order valence-corrected chi connectivity index (χ3v) is 4.64. The van der Waals surface area contributed by atoms with E-state index in [-0.39, 0.29) is 23.6 Å². The third kappa shape index (κ3) is 3.60. The molecule has 2 atom stereocenters. The van der Waals surface area contributed by atoms with E-state index in [0.29, 0.717) is 18.8 Å². The number of amides is 2. The zero-order valence-corrected chi connectivity index (χ0v) is 14.2. The molecule has 0 bridgehead atoms. The molecule has 2 N–H and O–H groups in total. The third-order valence-electron chi connectivity index (χ3n) is 4.64. The number of phenols is 1. The number of benzene rings is 2. The summed E-state index contributed by atoms with van der Waals surface area (Å²) in [5, 5.41) is 13.1. The summed E-state index contributed by atoms with van der Waals surface area (Å²) in [6.45, 7) is 4.96. The topological polar surface area (TPSA) is 61.8 Å². The molecule has 3 rings (SSSR count). The van der Waals surface area contributed by atoms with Crippen LogP contribution >= 0.6 is 0 Å². The minimum atomic E-state index is -0.168. The molecular formula is C20H22N2O3. The first-order chi connectivity index (χ1) is 12.1. The molecule has 130 valence electrons. The first kappa shape index (κ1) is 16.9. The maximum absolute atomic E-state index is 12.6. The summed E-state index contributed by atoms with van der Waals surface area (Å²) in [7, 11) is 1.58. The van der Waals surface area contributed by atoms with Crippen LogP contribution in [0.4, 0.5) is 10.5 Å². The molecule has 1 aliphatic heterocycles. The van der Waals surface area contributed by atoms with Gasteiger partial charge in [0, 0.05) is 30.6 Å². The Balaban J connectivity index is 1.81. The van der Waals surface area contributed by atoms with Crippen molar-refractivity contribution in [1.29, 1.82) is 0 Å². The van der Waals surface area contributed by atoms with Crippen molar-refractivity contribution in [1.82, 2.24) is 4.90 Å². The lowest BCUT2D eigenvalue weighted by Crippen LogP contribution is -2.33. The van der Waals surface area contributed by atoms with Gasteiger partial charge in [0.1, 0.15) is 5.75 Å². The van der Waals surface area contributed by atoms with Gasteiger partial charge in [0.05, 0.1) is 12.9 Å². The average Bonchev–Trinajstić information content (AvgIpc) is 3.07. The molecule has 1 fully saturated rings. The molecular weight excluding hydrogens is 316 g/mol. The van der Waals surface area contributed by atoms with E-state index in [1.54, 1.807) is 24.1 Å². The lowest BCUT2D eigenvalue weighted by atomic mass is 9.87. The number of carbonyl (C=O) groups excluding carboxylic acids is 1.